The van der Waals surface area contributed by atoms with Crippen LogP contribution in [0.2, 0.25) is 0 Å². The molecule has 0 spiro atoms. The van der Waals surface area contributed by atoms with E-state index in [1.165, 1.54) is 6.07 Å². The van der Waals surface area contributed by atoms with Crippen molar-refractivity contribution in [3.63, 3.8) is 0 Å². The third-order valence-corrected chi connectivity index (χ3v) is 4.92. The van der Waals surface area contributed by atoms with Crippen molar-refractivity contribution in [1.82, 2.24) is 0 Å². The Morgan fingerprint density at radius 2 is 2.00 bits per heavy atom. The van der Waals surface area contributed by atoms with Gasteiger partial charge in [-0.1, -0.05) is 22.0 Å². The molecule has 2 aromatic rings. The number of aromatic hydroxyl groups is 1. The van der Waals surface area contributed by atoms with Gasteiger partial charge in [0, 0.05) is 27.4 Å². The number of phenols is 1. The van der Waals surface area contributed by atoms with E-state index in [1.807, 2.05) is 0 Å². The van der Waals surface area contributed by atoms with E-state index < -0.39 is 17.9 Å². The Bertz CT molecular complexity index is 837. The third-order valence-electron chi connectivity index (χ3n) is 4.26. The fourth-order valence-corrected chi connectivity index (χ4v) is 3.88. The lowest BCUT2D eigenvalue weighted by Crippen LogP contribution is -2.39. The number of hydrogen-bond donors (Lipinski definition) is 3. The highest BCUT2D eigenvalue weighted by Crippen LogP contribution is 2.51. The lowest BCUT2D eigenvalue weighted by atomic mass is 9.75. The van der Waals surface area contributed by atoms with E-state index in [-0.39, 0.29) is 18.1 Å². The lowest BCUT2D eigenvalue weighted by Gasteiger charge is -2.27. The highest BCUT2D eigenvalue weighted by atomic mass is 79.9. The molecule has 0 saturated carbocycles. The summed E-state index contributed by atoms with van der Waals surface area (Å²) in [4.78, 5) is 12.7. The number of hydrogen-bond acceptors (Lipinski definition) is 5. The maximum absolute atomic E-state index is 12.7. The molecule has 4 rings (SSSR count). The standard InChI is InChI=1S/C16H12BrNO5/c17-9-2-1-3-10-14(9)16(6-19,15(21)18-10)8-4-12-13(5-11(8)20)23-7-22-12/h1-5,19-20H,6-7H2,(H,18,21). The summed E-state index contributed by atoms with van der Waals surface area (Å²) in [5, 5.41) is 23.3. The first-order valence-electron chi connectivity index (χ1n) is 6.92. The van der Waals surface area contributed by atoms with Crippen molar-refractivity contribution < 1.29 is 24.5 Å². The molecule has 1 amide bonds. The molecule has 2 heterocycles. The van der Waals surface area contributed by atoms with Gasteiger partial charge < -0.3 is 25.0 Å². The van der Waals surface area contributed by atoms with Gasteiger partial charge >= 0.3 is 0 Å². The van der Waals surface area contributed by atoms with Gasteiger partial charge in [0.2, 0.25) is 12.7 Å². The van der Waals surface area contributed by atoms with Crippen molar-refractivity contribution in [3.05, 3.63) is 45.9 Å². The highest BCUT2D eigenvalue weighted by molar-refractivity contribution is 9.10. The zero-order valence-corrected chi connectivity index (χ0v) is 13.4. The van der Waals surface area contributed by atoms with Gasteiger partial charge in [0.05, 0.1) is 6.61 Å². The quantitative estimate of drug-likeness (QED) is 0.745. The van der Waals surface area contributed by atoms with Crippen LogP contribution in [0.5, 0.6) is 17.2 Å². The van der Waals surface area contributed by atoms with E-state index >= 15 is 0 Å². The average Bonchev–Trinajstić information content (AvgIpc) is 3.08. The van der Waals surface area contributed by atoms with E-state index in [0.29, 0.717) is 27.2 Å². The Balaban J connectivity index is 2.02. The summed E-state index contributed by atoms with van der Waals surface area (Å²) < 4.78 is 11.2. The minimum absolute atomic E-state index is 0.0524. The van der Waals surface area contributed by atoms with Gasteiger partial charge in [0.25, 0.3) is 0 Å². The van der Waals surface area contributed by atoms with Gasteiger partial charge in [0.1, 0.15) is 11.2 Å². The molecular weight excluding hydrogens is 366 g/mol. The van der Waals surface area contributed by atoms with Gasteiger partial charge in [-0.05, 0) is 18.2 Å². The van der Waals surface area contributed by atoms with E-state index in [1.54, 1.807) is 24.3 Å². The number of aliphatic hydroxyl groups is 1. The number of fused-ring (bicyclic) bond motifs is 2. The molecule has 1 unspecified atom stereocenters. The second-order valence-corrected chi connectivity index (χ2v) is 6.26. The highest BCUT2D eigenvalue weighted by Gasteiger charge is 2.51. The van der Waals surface area contributed by atoms with Crippen LogP contribution in [0.1, 0.15) is 11.1 Å². The number of rotatable bonds is 2. The maximum Gasteiger partial charge on any atom is 0.242 e. The van der Waals surface area contributed by atoms with E-state index in [0.717, 1.165) is 0 Å². The minimum atomic E-state index is -1.42. The predicted octanol–water partition coefficient (Wildman–Crippen LogP) is 2.11. The predicted molar refractivity (Wildman–Crippen MR) is 84.9 cm³/mol. The van der Waals surface area contributed by atoms with Gasteiger partial charge in [-0.25, -0.2) is 0 Å². The SMILES string of the molecule is O=C1Nc2cccc(Br)c2C1(CO)c1cc2c(cc1O)OCO2. The van der Waals surface area contributed by atoms with E-state index in [4.69, 9.17) is 9.47 Å². The molecule has 118 valence electrons. The first kappa shape index (κ1) is 14.3. The molecule has 2 aliphatic heterocycles. The molecule has 2 aliphatic rings. The van der Waals surface area contributed by atoms with Crippen LogP contribution in [0.4, 0.5) is 5.69 Å². The molecular formula is C16H12BrNO5. The maximum atomic E-state index is 12.7. The summed E-state index contributed by atoms with van der Waals surface area (Å²) >= 11 is 3.43. The third kappa shape index (κ3) is 1.80. The molecule has 1 atom stereocenters. The van der Waals surface area contributed by atoms with Crippen LogP contribution in [0.25, 0.3) is 0 Å². The second kappa shape index (κ2) is 4.87. The summed E-state index contributed by atoms with van der Waals surface area (Å²) in [5.74, 6) is 0.294. The number of phenolic OH excluding ortho intramolecular Hbond substituents is 1. The number of aliphatic hydroxyl groups excluding tert-OH is 1. The molecule has 23 heavy (non-hydrogen) atoms. The largest absolute Gasteiger partial charge is 0.507 e. The fraction of sp³-hybridized carbons (Fsp3) is 0.188. The zero-order chi connectivity index (χ0) is 16.2. The minimum Gasteiger partial charge on any atom is -0.507 e. The van der Waals surface area contributed by atoms with Crippen molar-refractivity contribution in [3.8, 4) is 17.2 Å². The summed E-state index contributed by atoms with van der Waals surface area (Å²) in [6.45, 7) is -0.446. The molecule has 0 radical (unpaired) electrons. The molecule has 3 N–H and O–H groups in total. The number of nitrogens with one attached hydrogen (secondary N) is 1. The van der Waals surface area contributed by atoms with Crippen molar-refractivity contribution in [2.24, 2.45) is 0 Å². The van der Waals surface area contributed by atoms with Crippen molar-refractivity contribution in [2.75, 3.05) is 18.7 Å². The number of amides is 1. The summed E-state index contributed by atoms with van der Waals surface area (Å²) in [6, 6.07) is 8.27. The van der Waals surface area contributed by atoms with Crippen molar-refractivity contribution >= 4 is 27.5 Å². The summed E-state index contributed by atoms with van der Waals surface area (Å²) in [7, 11) is 0. The van der Waals surface area contributed by atoms with Crippen LogP contribution in [0, 0.1) is 0 Å². The van der Waals surface area contributed by atoms with Crippen LogP contribution >= 0.6 is 15.9 Å². The number of carbonyl (C=O) groups excluding carboxylic acids is 1. The van der Waals surface area contributed by atoms with Crippen LogP contribution in [-0.4, -0.2) is 29.5 Å². The first-order chi connectivity index (χ1) is 11.1. The molecule has 0 bridgehead atoms. The van der Waals surface area contributed by atoms with Gasteiger partial charge in [-0.2, -0.15) is 0 Å². The Kier molecular flexibility index (Phi) is 3.04. The van der Waals surface area contributed by atoms with Gasteiger partial charge in [-0.15, -0.1) is 0 Å². The molecule has 6 nitrogen and oxygen atoms in total. The van der Waals surface area contributed by atoms with E-state index in [9.17, 15) is 15.0 Å². The van der Waals surface area contributed by atoms with Crippen LogP contribution in [-0.2, 0) is 10.2 Å². The number of carbonyl (C=O) groups is 1. The van der Waals surface area contributed by atoms with Crippen LogP contribution in [0.3, 0.4) is 0 Å². The normalized spacial score (nSPS) is 21.2. The number of anilines is 1. The van der Waals surface area contributed by atoms with E-state index in [2.05, 4.69) is 21.2 Å². The zero-order valence-electron chi connectivity index (χ0n) is 11.8. The molecule has 7 heteroatoms. The van der Waals surface area contributed by atoms with Crippen LogP contribution in [0.15, 0.2) is 34.8 Å². The summed E-state index contributed by atoms with van der Waals surface area (Å²) in [6.07, 6.45) is 0. The number of ether oxygens (including phenoxy) is 2. The molecule has 0 aliphatic carbocycles. The second-order valence-electron chi connectivity index (χ2n) is 5.40. The summed E-state index contributed by atoms with van der Waals surface area (Å²) in [5.41, 5.74) is 0.0325. The average molecular weight is 378 g/mol. The van der Waals surface area contributed by atoms with Crippen molar-refractivity contribution in [1.29, 1.82) is 0 Å². The van der Waals surface area contributed by atoms with Crippen molar-refractivity contribution in [2.45, 2.75) is 5.41 Å². The van der Waals surface area contributed by atoms with Gasteiger partial charge in [-0.3, -0.25) is 4.79 Å². The smallest absolute Gasteiger partial charge is 0.242 e. The van der Waals surface area contributed by atoms with Crippen LogP contribution < -0.4 is 14.8 Å². The first-order valence-corrected chi connectivity index (χ1v) is 7.71. The molecule has 2 aromatic carbocycles. The Labute approximate surface area is 139 Å². The number of benzene rings is 2. The Hall–Kier alpha value is -2.25. The topological polar surface area (TPSA) is 88.0 Å². The lowest BCUT2D eigenvalue weighted by molar-refractivity contribution is -0.120. The molecule has 0 aromatic heterocycles. The fourth-order valence-electron chi connectivity index (χ4n) is 3.17. The van der Waals surface area contributed by atoms with Gasteiger partial charge in [0.15, 0.2) is 11.5 Å². The molecule has 0 saturated heterocycles. The Morgan fingerprint density at radius 3 is 2.74 bits per heavy atom. The monoisotopic (exact) mass is 377 g/mol. The molecule has 0 fully saturated rings. The number of halogens is 1. The Morgan fingerprint density at radius 1 is 1.26 bits per heavy atom.